The van der Waals surface area contributed by atoms with Gasteiger partial charge in [0.05, 0.1) is 12.1 Å². The van der Waals surface area contributed by atoms with Crippen molar-refractivity contribution >= 4 is 11.9 Å². The van der Waals surface area contributed by atoms with Gasteiger partial charge < -0.3 is 10.0 Å². The van der Waals surface area contributed by atoms with Crippen molar-refractivity contribution in [2.75, 3.05) is 26.7 Å². The summed E-state index contributed by atoms with van der Waals surface area (Å²) < 4.78 is 1.95. The van der Waals surface area contributed by atoms with Gasteiger partial charge in [-0.25, -0.2) is 0 Å². The van der Waals surface area contributed by atoms with E-state index in [4.69, 9.17) is 0 Å². The lowest BCUT2D eigenvalue weighted by molar-refractivity contribution is -0.148. The molecule has 0 bridgehead atoms. The third-order valence-electron chi connectivity index (χ3n) is 5.72. The van der Waals surface area contributed by atoms with Gasteiger partial charge in [0.25, 0.3) is 0 Å². The Bertz CT molecular complexity index is 622. The summed E-state index contributed by atoms with van der Waals surface area (Å²) in [6.07, 6.45) is 7.24. The summed E-state index contributed by atoms with van der Waals surface area (Å²) in [5.74, 6) is -0.185. The molecule has 0 saturated carbocycles. The molecule has 138 valence electrons. The fraction of sp³-hybridized carbons (Fsp3) is 0.722. The number of carboxylic acids is 1. The van der Waals surface area contributed by atoms with Crippen LogP contribution in [0.15, 0.2) is 12.4 Å². The number of hydrogen-bond acceptors (Lipinski definition) is 4. The van der Waals surface area contributed by atoms with Gasteiger partial charge in [-0.3, -0.25) is 19.2 Å². The quantitative estimate of drug-likeness (QED) is 0.890. The molecule has 2 aliphatic heterocycles. The molecule has 7 nitrogen and oxygen atoms in total. The zero-order valence-corrected chi connectivity index (χ0v) is 15.1. The highest BCUT2D eigenvalue weighted by Crippen LogP contribution is 2.30. The third kappa shape index (κ3) is 3.86. The first kappa shape index (κ1) is 17.9. The summed E-state index contributed by atoms with van der Waals surface area (Å²) in [6, 6.07) is -0.454. The molecule has 3 heterocycles. The molecule has 3 rings (SSSR count). The second-order valence-corrected chi connectivity index (χ2v) is 7.30. The first-order chi connectivity index (χ1) is 12.0. The molecule has 2 aliphatic rings. The van der Waals surface area contributed by atoms with Crippen molar-refractivity contribution in [2.45, 2.75) is 51.1 Å². The number of rotatable bonds is 4. The standard InChI is InChI=1S/C18H28N4O3/c1-3-22-12-15(10-19-22)13-6-8-21(9-7-13)17(23)14-4-5-16(18(24)25)20(2)11-14/h10,12-14,16H,3-9,11H2,1-2H3,(H,24,25). The van der Waals surface area contributed by atoms with Gasteiger partial charge in [-0.2, -0.15) is 5.10 Å². The molecule has 2 saturated heterocycles. The number of carbonyl (C=O) groups is 2. The minimum atomic E-state index is -0.790. The number of carbonyl (C=O) groups excluding carboxylic acids is 1. The largest absolute Gasteiger partial charge is 0.480 e. The van der Waals surface area contributed by atoms with Crippen LogP contribution < -0.4 is 0 Å². The van der Waals surface area contributed by atoms with Gasteiger partial charge in [0.1, 0.15) is 6.04 Å². The van der Waals surface area contributed by atoms with Crippen LogP contribution in [0.25, 0.3) is 0 Å². The molecule has 2 unspecified atom stereocenters. The summed E-state index contributed by atoms with van der Waals surface area (Å²) in [6.45, 7) is 5.06. The van der Waals surface area contributed by atoms with Crippen LogP contribution in [0.3, 0.4) is 0 Å². The van der Waals surface area contributed by atoms with Crippen LogP contribution in [-0.4, -0.2) is 69.3 Å². The summed E-state index contributed by atoms with van der Waals surface area (Å²) in [5.41, 5.74) is 1.27. The fourth-order valence-electron chi connectivity index (χ4n) is 4.11. The Morgan fingerprint density at radius 3 is 2.52 bits per heavy atom. The molecular formula is C18H28N4O3. The summed E-state index contributed by atoms with van der Waals surface area (Å²) in [4.78, 5) is 27.8. The normalized spacial score (nSPS) is 25.9. The van der Waals surface area contributed by atoms with Crippen LogP contribution in [0.1, 0.15) is 44.1 Å². The SMILES string of the molecule is CCn1cc(C2CCN(C(=O)C3CCC(C(=O)O)N(C)C3)CC2)cn1. The van der Waals surface area contributed by atoms with Crippen LogP contribution in [0, 0.1) is 5.92 Å². The van der Waals surface area contributed by atoms with Crippen LogP contribution >= 0.6 is 0 Å². The van der Waals surface area contributed by atoms with Gasteiger partial charge in [0, 0.05) is 32.4 Å². The number of likely N-dealkylation sites (N-methyl/N-ethyl adjacent to an activating group) is 1. The van der Waals surface area contributed by atoms with Gasteiger partial charge >= 0.3 is 5.97 Å². The number of carboxylic acid groups (broad SMARTS) is 1. The molecule has 0 spiro atoms. The van der Waals surface area contributed by atoms with Gasteiger partial charge in [-0.15, -0.1) is 0 Å². The highest BCUT2D eigenvalue weighted by Gasteiger charge is 2.36. The molecular weight excluding hydrogens is 320 g/mol. The molecule has 1 N–H and O–H groups in total. The van der Waals surface area contributed by atoms with Crippen LogP contribution in [0.2, 0.25) is 0 Å². The predicted molar refractivity (Wildman–Crippen MR) is 93.2 cm³/mol. The monoisotopic (exact) mass is 348 g/mol. The Morgan fingerprint density at radius 1 is 1.24 bits per heavy atom. The Balaban J connectivity index is 1.52. The predicted octanol–water partition coefficient (Wildman–Crippen LogP) is 1.40. The molecule has 2 atom stereocenters. The second-order valence-electron chi connectivity index (χ2n) is 7.30. The first-order valence-corrected chi connectivity index (χ1v) is 9.23. The Labute approximate surface area is 148 Å². The van der Waals surface area contributed by atoms with Crippen molar-refractivity contribution in [1.29, 1.82) is 0 Å². The smallest absolute Gasteiger partial charge is 0.320 e. The average molecular weight is 348 g/mol. The first-order valence-electron chi connectivity index (χ1n) is 9.23. The second kappa shape index (κ2) is 7.56. The third-order valence-corrected chi connectivity index (χ3v) is 5.72. The maximum atomic E-state index is 12.8. The van der Waals surface area contributed by atoms with E-state index >= 15 is 0 Å². The highest BCUT2D eigenvalue weighted by atomic mass is 16.4. The number of amides is 1. The van der Waals surface area contributed by atoms with Gasteiger partial charge in [-0.1, -0.05) is 0 Å². The van der Waals surface area contributed by atoms with Gasteiger partial charge in [-0.05, 0) is 51.1 Å². The van der Waals surface area contributed by atoms with E-state index < -0.39 is 12.0 Å². The number of hydrogen-bond donors (Lipinski definition) is 1. The van der Waals surface area contributed by atoms with E-state index in [2.05, 4.69) is 18.2 Å². The molecule has 1 aromatic rings. The van der Waals surface area contributed by atoms with Crippen molar-refractivity contribution in [3.63, 3.8) is 0 Å². The van der Waals surface area contributed by atoms with Crippen molar-refractivity contribution < 1.29 is 14.7 Å². The fourth-order valence-corrected chi connectivity index (χ4v) is 4.11. The Hall–Kier alpha value is -1.89. The van der Waals surface area contributed by atoms with Crippen molar-refractivity contribution in [2.24, 2.45) is 5.92 Å². The average Bonchev–Trinajstić information content (AvgIpc) is 3.10. The minimum Gasteiger partial charge on any atom is -0.480 e. The lowest BCUT2D eigenvalue weighted by Crippen LogP contribution is -2.50. The number of aliphatic carboxylic acids is 1. The van der Waals surface area contributed by atoms with Crippen molar-refractivity contribution in [1.82, 2.24) is 19.6 Å². The molecule has 1 aromatic heterocycles. The van der Waals surface area contributed by atoms with Gasteiger partial charge in [0.2, 0.25) is 5.91 Å². The molecule has 0 radical (unpaired) electrons. The van der Waals surface area contributed by atoms with E-state index in [9.17, 15) is 14.7 Å². The topological polar surface area (TPSA) is 78.7 Å². The zero-order valence-electron chi connectivity index (χ0n) is 15.1. The molecule has 1 amide bonds. The molecule has 0 aliphatic carbocycles. The number of likely N-dealkylation sites (tertiary alicyclic amines) is 2. The van der Waals surface area contributed by atoms with Crippen LogP contribution in [-0.2, 0) is 16.1 Å². The van der Waals surface area contributed by atoms with Crippen LogP contribution in [0.4, 0.5) is 0 Å². The van der Waals surface area contributed by atoms with Crippen LogP contribution in [0.5, 0.6) is 0 Å². The number of aryl methyl sites for hydroxylation is 1. The van der Waals surface area contributed by atoms with E-state index in [0.29, 0.717) is 25.3 Å². The lowest BCUT2D eigenvalue weighted by atomic mass is 9.88. The van der Waals surface area contributed by atoms with E-state index in [-0.39, 0.29) is 11.8 Å². The molecule has 25 heavy (non-hydrogen) atoms. The lowest BCUT2D eigenvalue weighted by Gasteiger charge is -2.38. The zero-order chi connectivity index (χ0) is 18.0. The highest BCUT2D eigenvalue weighted by molar-refractivity contribution is 5.80. The van der Waals surface area contributed by atoms with E-state index in [1.807, 2.05) is 15.8 Å². The van der Waals surface area contributed by atoms with Crippen molar-refractivity contribution in [3.05, 3.63) is 18.0 Å². The number of piperidine rings is 2. The molecule has 2 fully saturated rings. The van der Waals surface area contributed by atoms with Gasteiger partial charge in [0.15, 0.2) is 0 Å². The summed E-state index contributed by atoms with van der Waals surface area (Å²) >= 11 is 0. The van der Waals surface area contributed by atoms with Crippen molar-refractivity contribution in [3.8, 4) is 0 Å². The van der Waals surface area contributed by atoms with E-state index in [1.165, 1.54) is 5.56 Å². The number of aromatic nitrogens is 2. The van der Waals surface area contributed by atoms with E-state index in [1.54, 1.807) is 11.9 Å². The maximum Gasteiger partial charge on any atom is 0.320 e. The minimum absolute atomic E-state index is 0.0695. The maximum absolute atomic E-state index is 12.8. The van der Waals surface area contributed by atoms with E-state index in [0.717, 1.165) is 32.5 Å². The molecule has 7 heteroatoms. The Morgan fingerprint density at radius 2 is 1.96 bits per heavy atom. The Kier molecular flexibility index (Phi) is 5.42. The number of nitrogens with zero attached hydrogens (tertiary/aromatic N) is 4. The summed E-state index contributed by atoms with van der Waals surface area (Å²) in [7, 11) is 1.80. The summed E-state index contributed by atoms with van der Waals surface area (Å²) in [5, 5.41) is 13.5. The molecule has 0 aromatic carbocycles.